The number of hydrogen-bond donors (Lipinski definition) is 2. The summed E-state index contributed by atoms with van der Waals surface area (Å²) in [5, 5.41) is 19.1. The zero-order chi connectivity index (χ0) is 30.5. The third-order valence-electron chi connectivity index (χ3n) is 10.7. The minimum Gasteiger partial charge on any atom is -0.462 e. The highest BCUT2D eigenvalue weighted by Gasteiger charge is 2.64. The van der Waals surface area contributed by atoms with Gasteiger partial charge in [0.25, 0.3) is 0 Å². The highest BCUT2D eigenvalue weighted by atomic mass is 79.9. The largest absolute Gasteiger partial charge is 0.462 e. The highest BCUT2D eigenvalue weighted by Crippen LogP contribution is 2.49. The Bertz CT molecular complexity index is 1210. The monoisotopic (exact) mass is 820 g/mol. The van der Waals surface area contributed by atoms with Gasteiger partial charge in [-0.05, 0) is 25.2 Å². The van der Waals surface area contributed by atoms with E-state index in [1.807, 2.05) is 60.7 Å². The molecule has 4 bridgehead atoms. The van der Waals surface area contributed by atoms with Gasteiger partial charge >= 0.3 is 11.9 Å². The van der Waals surface area contributed by atoms with E-state index in [1.165, 1.54) is 0 Å². The van der Waals surface area contributed by atoms with Crippen LogP contribution < -0.4 is 0 Å². The maximum Gasteiger partial charge on any atom is 0.316 e. The van der Waals surface area contributed by atoms with Crippen LogP contribution in [0.1, 0.15) is 48.6 Å². The van der Waals surface area contributed by atoms with Crippen molar-refractivity contribution in [2.24, 2.45) is 0 Å². The average Bonchev–Trinajstić information content (AvgIpc) is 3.94. The molecule has 2 aromatic carbocycles. The van der Waals surface area contributed by atoms with Gasteiger partial charge in [0.05, 0.1) is 13.2 Å². The molecule has 0 saturated carbocycles. The van der Waals surface area contributed by atoms with E-state index in [4.69, 9.17) is 18.9 Å². The van der Waals surface area contributed by atoms with Crippen molar-refractivity contribution < 1.29 is 55.2 Å². The number of carbonyl (C=O) groups excluding carboxylic acids is 2. The Morgan fingerprint density at radius 1 is 0.633 bits per heavy atom. The van der Waals surface area contributed by atoms with E-state index in [-0.39, 0.29) is 87.8 Å². The van der Waals surface area contributed by atoms with E-state index in [9.17, 15) is 19.8 Å². The molecule has 6 fully saturated rings. The first-order valence-corrected chi connectivity index (χ1v) is 15.8. The molecule has 0 spiro atoms. The normalized spacial score (nSPS) is 33.6. The number of epoxide rings is 2. The van der Waals surface area contributed by atoms with Gasteiger partial charge in [-0.15, -0.1) is 34.0 Å². The van der Waals surface area contributed by atoms with Crippen LogP contribution in [0, 0.1) is 0 Å². The number of fused-ring (bicyclic) bond motifs is 10. The summed E-state index contributed by atoms with van der Waals surface area (Å²) in [6.45, 7) is -0.451. The van der Waals surface area contributed by atoms with Crippen LogP contribution in [0.4, 0.5) is 0 Å². The fourth-order valence-electron chi connectivity index (χ4n) is 8.09. The highest BCUT2D eigenvalue weighted by molar-refractivity contribution is 8.93. The Labute approximate surface area is 307 Å². The summed E-state index contributed by atoms with van der Waals surface area (Å²) in [5.74, 6) is -1.83. The molecule has 2 unspecified atom stereocenters. The van der Waals surface area contributed by atoms with Gasteiger partial charge in [0, 0.05) is 49.9 Å². The molecule has 6 heterocycles. The van der Waals surface area contributed by atoms with Gasteiger partial charge in [-0.1, -0.05) is 60.7 Å². The SMILES string of the molecule is Br.Br.CN1[C@@H]2CC(OC(=O)[C@@H](CO)c3ccccc3)C[C@H]1[C@@H]1O[C@H]12.CN1[C@@H]2CC(OC(=O)[C@@H](CO)c3ccccc3)C[C@H]1[C@H]1O[C@H]12.O.O.O. The number of rotatable bonds is 8. The van der Waals surface area contributed by atoms with Crippen LogP contribution in [0.25, 0.3) is 0 Å². The summed E-state index contributed by atoms with van der Waals surface area (Å²) >= 11 is 0. The molecular weight excluding hydrogens is 772 g/mol. The van der Waals surface area contributed by atoms with Gasteiger partial charge in [0.2, 0.25) is 0 Å². The number of nitrogens with zero attached hydrogens (tertiary/aromatic N) is 2. The van der Waals surface area contributed by atoms with Crippen molar-refractivity contribution in [3.63, 3.8) is 0 Å². The third kappa shape index (κ3) is 8.55. The van der Waals surface area contributed by atoms with Crippen LogP contribution in [-0.4, -0.2) is 136 Å². The Kier molecular flexibility index (Phi) is 15.8. The van der Waals surface area contributed by atoms with Crippen LogP contribution in [0.2, 0.25) is 0 Å². The lowest BCUT2D eigenvalue weighted by Crippen LogP contribution is -2.48. The summed E-state index contributed by atoms with van der Waals surface area (Å²) in [5.41, 5.74) is 1.61. The molecule has 8 N–H and O–H groups in total. The standard InChI is InChI=1S/2C17H21NO4.2BrH.3H2O/c2*1-18-13-7-11(8-14(18)16-15(13)22-16)21-17(20)12(9-19)10-5-3-2-4-6-10;;;;;/h2*2-6,11-16,19H,7-9H2,1H3;2*1H;3*1H2/t11?,12-,13-,14+,15+,16-;11?,12-,13-,14+,15-,16-;;;;;/m00...../s1. The predicted octanol–water partition coefficient (Wildman–Crippen LogP) is 0.518. The summed E-state index contributed by atoms with van der Waals surface area (Å²) in [6.07, 6.45) is 4.52. The first-order chi connectivity index (χ1) is 21.4. The number of likely N-dealkylation sites (N-methyl/N-ethyl adjacent to an activating group) is 2. The van der Waals surface area contributed by atoms with Crippen molar-refractivity contribution in [2.45, 2.75) is 98.3 Å². The molecule has 12 atom stereocenters. The number of esters is 2. The maximum absolute atomic E-state index is 12.4. The fraction of sp³-hybridized carbons (Fsp3) is 0.588. The van der Waals surface area contributed by atoms with E-state index in [2.05, 4.69) is 23.9 Å². The molecule has 6 aliphatic heterocycles. The van der Waals surface area contributed by atoms with Crippen molar-refractivity contribution in [2.75, 3.05) is 27.3 Å². The quantitative estimate of drug-likeness (QED) is 0.278. The molecular formula is C34H50Br2N2O11. The summed E-state index contributed by atoms with van der Waals surface area (Å²) < 4.78 is 22.8. The van der Waals surface area contributed by atoms with E-state index < -0.39 is 11.8 Å². The number of morpholine rings is 2. The number of aliphatic hydroxyl groups excluding tert-OH is 2. The minimum atomic E-state index is -0.593. The molecule has 6 saturated heterocycles. The van der Waals surface area contributed by atoms with Crippen molar-refractivity contribution >= 4 is 45.9 Å². The number of hydrogen-bond acceptors (Lipinski definition) is 10. The summed E-state index contributed by atoms with van der Waals surface area (Å²) in [4.78, 5) is 29.6. The minimum absolute atomic E-state index is 0. The smallest absolute Gasteiger partial charge is 0.316 e. The molecule has 8 rings (SSSR count). The Morgan fingerprint density at radius 3 is 1.18 bits per heavy atom. The molecule has 276 valence electrons. The van der Waals surface area contributed by atoms with Gasteiger partial charge in [0.15, 0.2) is 0 Å². The van der Waals surface area contributed by atoms with Gasteiger partial charge in [-0.25, -0.2) is 0 Å². The zero-order valence-corrected chi connectivity index (χ0v) is 30.9. The lowest BCUT2D eigenvalue weighted by Gasteiger charge is -2.38. The number of aliphatic hydroxyl groups is 2. The second kappa shape index (κ2) is 18.0. The van der Waals surface area contributed by atoms with Crippen LogP contribution in [0.5, 0.6) is 0 Å². The van der Waals surface area contributed by atoms with Gasteiger partial charge in [-0.3, -0.25) is 19.4 Å². The molecule has 2 aromatic rings. The van der Waals surface area contributed by atoms with Gasteiger partial charge in [0.1, 0.15) is 48.5 Å². The number of piperidine rings is 2. The molecule has 6 aliphatic rings. The predicted molar refractivity (Wildman–Crippen MR) is 190 cm³/mol. The second-order valence-electron chi connectivity index (χ2n) is 13.1. The lowest BCUT2D eigenvalue weighted by molar-refractivity contribution is -0.157. The Morgan fingerprint density at radius 2 is 0.918 bits per heavy atom. The summed E-state index contributed by atoms with van der Waals surface area (Å²) in [7, 11) is 4.26. The molecule has 49 heavy (non-hydrogen) atoms. The van der Waals surface area contributed by atoms with Gasteiger partial charge < -0.3 is 45.6 Å². The van der Waals surface area contributed by atoms with Gasteiger partial charge in [-0.2, -0.15) is 0 Å². The van der Waals surface area contributed by atoms with E-state index in [0.29, 0.717) is 48.6 Å². The fourth-order valence-corrected chi connectivity index (χ4v) is 8.09. The summed E-state index contributed by atoms with van der Waals surface area (Å²) in [6, 6.07) is 20.1. The van der Waals surface area contributed by atoms with Crippen molar-refractivity contribution in [3.05, 3.63) is 71.8 Å². The molecule has 15 heteroatoms. The molecule has 0 radical (unpaired) electrons. The van der Waals surface area contributed by atoms with Crippen LogP contribution in [0.3, 0.4) is 0 Å². The lowest BCUT2D eigenvalue weighted by atomic mass is 9.97. The van der Waals surface area contributed by atoms with Crippen molar-refractivity contribution in [3.8, 4) is 0 Å². The van der Waals surface area contributed by atoms with Crippen LogP contribution in [0.15, 0.2) is 60.7 Å². The first kappa shape index (κ1) is 43.1. The second-order valence-corrected chi connectivity index (χ2v) is 13.1. The van der Waals surface area contributed by atoms with Crippen LogP contribution in [-0.2, 0) is 28.5 Å². The zero-order valence-electron chi connectivity index (χ0n) is 27.5. The third-order valence-corrected chi connectivity index (χ3v) is 10.7. The molecule has 13 nitrogen and oxygen atoms in total. The molecule has 0 amide bonds. The first-order valence-electron chi connectivity index (χ1n) is 15.8. The molecule has 0 aliphatic carbocycles. The number of ether oxygens (including phenoxy) is 4. The van der Waals surface area contributed by atoms with Crippen molar-refractivity contribution in [1.29, 1.82) is 0 Å². The number of halogens is 2. The average molecular weight is 823 g/mol. The Hall–Kier alpha value is -2.02. The van der Waals surface area contributed by atoms with E-state index >= 15 is 0 Å². The van der Waals surface area contributed by atoms with E-state index in [1.54, 1.807) is 0 Å². The Balaban J connectivity index is 0.000000309. The van der Waals surface area contributed by atoms with E-state index in [0.717, 1.165) is 36.8 Å². The molecule has 0 aromatic heterocycles. The number of carbonyl (C=O) groups is 2. The maximum atomic E-state index is 12.4. The topological polar surface area (TPSA) is 219 Å². The number of benzene rings is 2. The van der Waals surface area contributed by atoms with Crippen LogP contribution >= 0.6 is 34.0 Å². The van der Waals surface area contributed by atoms with Crippen molar-refractivity contribution in [1.82, 2.24) is 9.80 Å².